The monoisotopic (exact) mass is 1140 g/mol. The number of alkyl halides is 6. The summed E-state index contributed by atoms with van der Waals surface area (Å²) in [5, 5.41) is 24.2. The number of hydrogen-bond donors (Lipinski definition) is 4. The van der Waals surface area contributed by atoms with Crippen molar-refractivity contribution in [2.24, 2.45) is 0 Å². The zero-order valence-corrected chi connectivity index (χ0v) is 43.3. The molecule has 0 spiro atoms. The number of urea groups is 2. The van der Waals surface area contributed by atoms with Crippen LogP contribution >= 0.6 is 23.2 Å². The second-order valence-corrected chi connectivity index (χ2v) is 20.0. The van der Waals surface area contributed by atoms with Gasteiger partial charge in [-0.2, -0.15) is 36.3 Å². The lowest BCUT2D eigenvalue weighted by Crippen LogP contribution is -2.48. The molecule has 4 bridgehead atoms. The fraction of sp³-hybridized carbons (Fsp3) is 0.373. The summed E-state index contributed by atoms with van der Waals surface area (Å²) < 4.78 is 102. The second kappa shape index (κ2) is 22.1. The Morgan fingerprint density at radius 2 is 1.22 bits per heavy atom. The van der Waals surface area contributed by atoms with Crippen molar-refractivity contribution < 1.29 is 65.1 Å². The van der Waals surface area contributed by atoms with Gasteiger partial charge < -0.3 is 39.0 Å². The van der Waals surface area contributed by atoms with Crippen molar-refractivity contribution in [3.05, 3.63) is 106 Å². The van der Waals surface area contributed by atoms with E-state index in [9.17, 15) is 41.0 Å². The number of benzene rings is 2. The summed E-state index contributed by atoms with van der Waals surface area (Å²) in [4.78, 5) is 59.8. The summed E-state index contributed by atoms with van der Waals surface area (Å²) in [6.45, 7) is 5.87. The Kier molecular flexibility index (Phi) is 15.3. The van der Waals surface area contributed by atoms with E-state index in [1.165, 1.54) is 58.6 Å². The number of pyridine rings is 2. The number of ether oxygens (including phenoxy) is 4. The molecule has 28 heteroatoms. The van der Waals surface area contributed by atoms with E-state index in [0.717, 1.165) is 24.3 Å². The SMILES string of the molecule is CC1(C)OC[C@H](COc2nccc(NC(=O)N3c4nc(-c5cccc(C(F)(F)F)c5)c(Cl)cc4N4CC[C@H]3C4)n2)O1.O=C(Nc1ccnc(OC[C@H](O)CO)n1)N1c2nc(-c3cccc(C(F)(F)F)c3)c(Cl)cc2N2CC[C@H]1C2. The van der Waals surface area contributed by atoms with Gasteiger partial charge in [-0.05, 0) is 75.2 Å². The first kappa shape index (κ1) is 55.0. The summed E-state index contributed by atoms with van der Waals surface area (Å²) in [5.74, 6) is 0.208. The van der Waals surface area contributed by atoms with Crippen LogP contribution in [0, 0.1) is 0 Å². The predicted octanol–water partition coefficient (Wildman–Crippen LogP) is 8.95. The summed E-state index contributed by atoms with van der Waals surface area (Å²) in [5.41, 5.74) is 0.205. The van der Waals surface area contributed by atoms with Crippen molar-refractivity contribution in [1.82, 2.24) is 29.9 Å². The normalized spacial score (nSPS) is 19.3. The van der Waals surface area contributed by atoms with Crippen LogP contribution in [0.15, 0.2) is 85.2 Å². The second-order valence-electron chi connectivity index (χ2n) is 19.2. The van der Waals surface area contributed by atoms with Crippen molar-refractivity contribution in [1.29, 1.82) is 0 Å². The van der Waals surface area contributed by atoms with E-state index < -0.39 is 54.0 Å². The fourth-order valence-corrected chi connectivity index (χ4v) is 10.1. The van der Waals surface area contributed by atoms with Crippen LogP contribution in [0.3, 0.4) is 0 Å². The van der Waals surface area contributed by atoms with Gasteiger partial charge in [0.2, 0.25) is 0 Å². The molecule has 79 heavy (non-hydrogen) atoms. The highest BCUT2D eigenvalue weighted by Crippen LogP contribution is 2.46. The number of aliphatic hydroxyl groups excluding tert-OH is 2. The first-order valence-corrected chi connectivity index (χ1v) is 25.4. The molecule has 5 aliphatic rings. The molecule has 0 unspecified atom stereocenters. The van der Waals surface area contributed by atoms with Crippen LogP contribution in [0.2, 0.25) is 10.0 Å². The summed E-state index contributed by atoms with van der Waals surface area (Å²) in [6, 6.07) is 14.2. The number of nitrogens with one attached hydrogen (secondary N) is 2. The molecule has 5 aliphatic heterocycles. The van der Waals surface area contributed by atoms with Gasteiger partial charge in [0.1, 0.15) is 37.1 Å². The molecule has 416 valence electrons. The highest BCUT2D eigenvalue weighted by molar-refractivity contribution is 6.34. The van der Waals surface area contributed by atoms with Gasteiger partial charge in [0, 0.05) is 49.7 Å². The van der Waals surface area contributed by atoms with Crippen LogP contribution in [0.1, 0.15) is 37.8 Å². The lowest BCUT2D eigenvalue weighted by atomic mass is 10.1. The third-order valence-electron chi connectivity index (χ3n) is 13.3. The maximum Gasteiger partial charge on any atom is 0.416 e. The number of carbonyl (C=O) groups excluding carboxylic acids is 2. The van der Waals surface area contributed by atoms with Gasteiger partial charge >= 0.3 is 36.4 Å². The predicted molar refractivity (Wildman–Crippen MR) is 277 cm³/mol. The van der Waals surface area contributed by atoms with E-state index in [-0.39, 0.29) is 93.4 Å². The molecule has 6 aromatic rings. The zero-order valence-electron chi connectivity index (χ0n) is 41.8. The molecule has 3 saturated heterocycles. The number of rotatable bonds is 11. The van der Waals surface area contributed by atoms with Crippen LogP contribution in [-0.4, -0.2) is 135 Å². The van der Waals surface area contributed by atoms with Crippen molar-refractivity contribution in [2.45, 2.75) is 69.1 Å². The molecule has 0 saturated carbocycles. The Hall–Kier alpha value is -7.36. The Morgan fingerprint density at radius 1 is 0.734 bits per heavy atom. The average Bonchev–Trinajstić information content (AvgIpc) is 4.33. The van der Waals surface area contributed by atoms with Crippen molar-refractivity contribution in [3.8, 4) is 34.5 Å². The number of fused-ring (bicyclic) bond motifs is 8. The topological polar surface area (TPSA) is 226 Å². The Balaban J connectivity index is 0.000000179. The number of halogens is 8. The van der Waals surface area contributed by atoms with Crippen LogP contribution in [0.5, 0.6) is 12.0 Å². The first-order chi connectivity index (χ1) is 37.6. The molecular formula is C51H48Cl2F6N12O8. The lowest BCUT2D eigenvalue weighted by molar-refractivity contribution is -0.141. The molecule has 0 radical (unpaired) electrons. The number of nitrogens with zero attached hydrogens (tertiary/aromatic N) is 10. The number of amides is 4. The number of carbonyl (C=O) groups is 2. The van der Waals surface area contributed by atoms with Gasteiger partial charge in [0.25, 0.3) is 0 Å². The molecule has 0 aliphatic carbocycles. The molecule has 4 N–H and O–H groups in total. The third kappa shape index (κ3) is 12.1. The van der Waals surface area contributed by atoms with E-state index in [1.807, 2.05) is 18.7 Å². The Morgan fingerprint density at radius 3 is 1.66 bits per heavy atom. The molecule has 4 amide bonds. The lowest BCUT2D eigenvalue weighted by Gasteiger charge is -2.36. The van der Waals surface area contributed by atoms with E-state index in [1.54, 1.807) is 12.1 Å². The van der Waals surface area contributed by atoms with Gasteiger partial charge in [-0.1, -0.05) is 47.5 Å². The summed E-state index contributed by atoms with van der Waals surface area (Å²) in [7, 11) is 0. The van der Waals surface area contributed by atoms with Gasteiger partial charge in [-0.25, -0.2) is 29.5 Å². The number of hydrogen-bond acceptors (Lipinski definition) is 16. The Bertz CT molecular complexity index is 3280. The molecule has 4 atom stereocenters. The molecule has 4 aromatic heterocycles. The minimum atomic E-state index is -4.54. The average molecular weight is 1140 g/mol. The maximum absolute atomic E-state index is 13.6. The molecule has 2 aromatic carbocycles. The van der Waals surface area contributed by atoms with Crippen LogP contribution in [-0.2, 0) is 21.8 Å². The quantitative estimate of drug-likeness (QED) is 0.0888. The highest BCUT2D eigenvalue weighted by atomic mass is 35.5. The van der Waals surface area contributed by atoms with Crippen molar-refractivity contribution in [3.63, 3.8) is 0 Å². The van der Waals surface area contributed by atoms with Gasteiger partial charge in [-0.3, -0.25) is 20.4 Å². The largest absolute Gasteiger partial charge is 0.461 e. The zero-order chi connectivity index (χ0) is 56.0. The maximum atomic E-state index is 13.6. The van der Waals surface area contributed by atoms with Crippen molar-refractivity contribution >= 4 is 69.9 Å². The van der Waals surface area contributed by atoms with Gasteiger partial charge in [0.05, 0.1) is 69.2 Å². The third-order valence-corrected chi connectivity index (χ3v) is 13.8. The molecular weight excluding hydrogens is 1090 g/mol. The van der Waals surface area contributed by atoms with E-state index in [2.05, 4.69) is 45.4 Å². The smallest absolute Gasteiger partial charge is 0.416 e. The number of aromatic nitrogens is 6. The van der Waals surface area contributed by atoms with Crippen molar-refractivity contribution in [2.75, 3.05) is 82.8 Å². The van der Waals surface area contributed by atoms with E-state index >= 15 is 0 Å². The highest BCUT2D eigenvalue weighted by Gasteiger charge is 2.43. The minimum absolute atomic E-state index is 0.0546. The van der Waals surface area contributed by atoms with Gasteiger partial charge in [0.15, 0.2) is 17.4 Å². The Labute approximate surface area is 456 Å². The van der Waals surface area contributed by atoms with Crippen LogP contribution in [0.4, 0.5) is 70.6 Å². The first-order valence-electron chi connectivity index (χ1n) is 24.6. The molecule has 11 rings (SSSR count). The molecule has 3 fully saturated rings. The van der Waals surface area contributed by atoms with E-state index in [4.69, 9.17) is 47.3 Å². The van der Waals surface area contributed by atoms with E-state index in [0.29, 0.717) is 62.8 Å². The minimum Gasteiger partial charge on any atom is -0.461 e. The summed E-state index contributed by atoms with van der Waals surface area (Å²) >= 11 is 13.0. The fourth-order valence-electron chi connectivity index (χ4n) is 9.60. The van der Waals surface area contributed by atoms with Crippen LogP contribution < -0.4 is 39.7 Å². The summed E-state index contributed by atoms with van der Waals surface area (Å²) in [6.07, 6.45) is -6.32. The number of aliphatic hydroxyl groups is 2. The standard InChI is InChI=1S/C27H26ClF3N6O4.C24H22ClF3N6O4/c1-26(2)40-14-18(41-26)13-39-24-32-8-6-21(33-24)34-25(38)37-17-7-9-36(12-17)20-11-19(28)22(35-23(20)37)15-4-3-5-16(10-15)27(29,30)31;25-17-9-18-21(32-20(17)13-2-1-3-14(8-13)24(26,27)28)34(15-5-7-33(18)10-15)23(37)31-19-4-6-29-22(30-19)38-12-16(36)11-35/h3-6,8,10-11,17-18H,7,9,12-14H2,1-2H3,(H,32,33,34,38);1-4,6,8-9,15-16,35-36H,5,7,10-12H2,(H,29,30,31,37)/t17-,18-;15-,16+/m00/s1. The number of anilines is 6. The molecule has 20 nitrogen and oxygen atoms in total. The van der Waals surface area contributed by atoms with Gasteiger partial charge in [-0.15, -0.1) is 0 Å². The van der Waals surface area contributed by atoms with Crippen LogP contribution in [0.25, 0.3) is 22.5 Å². The molecule has 9 heterocycles.